The summed E-state index contributed by atoms with van der Waals surface area (Å²) in [6, 6.07) is 4.65. The summed E-state index contributed by atoms with van der Waals surface area (Å²) in [5.41, 5.74) is 6.29. The lowest BCUT2D eigenvalue weighted by molar-refractivity contribution is 0.0824. The molecule has 0 unspecified atom stereocenters. The standard InChI is InChI=1S/C21H26ClFN4O2/c1-27(2)21(29)19-17(24)8-7-14(20(19)23)15-11-26-18(9-16(15)22)25-10-12-3-5-13(28)6-4-12/h7-9,11-13,28H,3-6,10,24H2,1-2H3,(H,25,26). The van der Waals surface area contributed by atoms with Gasteiger partial charge in [-0.05, 0) is 49.8 Å². The number of benzene rings is 1. The van der Waals surface area contributed by atoms with Crippen LogP contribution in [0, 0.1) is 11.7 Å². The molecule has 1 aromatic carbocycles. The van der Waals surface area contributed by atoms with Gasteiger partial charge in [0, 0.05) is 43.7 Å². The summed E-state index contributed by atoms with van der Waals surface area (Å²) in [7, 11) is 3.08. The number of nitrogens with one attached hydrogen (secondary N) is 1. The number of halogens is 2. The molecular weight excluding hydrogens is 395 g/mol. The van der Waals surface area contributed by atoms with Gasteiger partial charge in [-0.2, -0.15) is 0 Å². The molecule has 1 aliphatic carbocycles. The van der Waals surface area contributed by atoms with Gasteiger partial charge in [-0.25, -0.2) is 9.37 Å². The van der Waals surface area contributed by atoms with Crippen LogP contribution in [0.15, 0.2) is 24.4 Å². The molecular formula is C21H26ClFN4O2. The van der Waals surface area contributed by atoms with E-state index >= 15 is 4.39 Å². The van der Waals surface area contributed by atoms with Gasteiger partial charge < -0.3 is 21.1 Å². The lowest BCUT2D eigenvalue weighted by atomic mass is 9.87. The molecule has 4 N–H and O–H groups in total. The molecule has 1 aliphatic rings. The summed E-state index contributed by atoms with van der Waals surface area (Å²) in [5.74, 6) is -0.145. The normalized spacial score (nSPS) is 19.1. The number of nitrogens with zero attached hydrogens (tertiary/aromatic N) is 2. The Balaban J connectivity index is 1.80. The van der Waals surface area contributed by atoms with E-state index in [1.807, 2.05) is 0 Å². The van der Waals surface area contributed by atoms with Crippen molar-refractivity contribution in [2.45, 2.75) is 31.8 Å². The fourth-order valence-electron chi connectivity index (χ4n) is 3.56. The van der Waals surface area contributed by atoms with Crippen molar-refractivity contribution in [1.82, 2.24) is 9.88 Å². The van der Waals surface area contributed by atoms with Crippen molar-refractivity contribution in [3.05, 3.63) is 40.8 Å². The molecule has 1 saturated carbocycles. The SMILES string of the molecule is CN(C)C(=O)c1c(N)ccc(-c2cnc(NCC3CCC(O)CC3)cc2Cl)c1F. The summed E-state index contributed by atoms with van der Waals surface area (Å²) in [4.78, 5) is 17.9. The summed E-state index contributed by atoms with van der Waals surface area (Å²) in [5, 5.41) is 13.2. The summed E-state index contributed by atoms with van der Waals surface area (Å²) < 4.78 is 15.1. The van der Waals surface area contributed by atoms with Crippen molar-refractivity contribution in [2.24, 2.45) is 5.92 Å². The first-order valence-electron chi connectivity index (χ1n) is 9.65. The minimum absolute atomic E-state index is 0.0740. The maximum atomic E-state index is 15.1. The number of nitrogens with two attached hydrogens (primary N) is 1. The molecule has 6 nitrogen and oxygen atoms in total. The number of anilines is 2. The van der Waals surface area contributed by atoms with Gasteiger partial charge in [-0.15, -0.1) is 0 Å². The van der Waals surface area contributed by atoms with Crippen LogP contribution in [0.2, 0.25) is 5.02 Å². The van der Waals surface area contributed by atoms with Gasteiger partial charge in [0.1, 0.15) is 11.6 Å². The maximum Gasteiger partial charge on any atom is 0.258 e. The number of rotatable bonds is 5. The van der Waals surface area contributed by atoms with E-state index in [0.29, 0.717) is 22.3 Å². The van der Waals surface area contributed by atoms with E-state index in [-0.39, 0.29) is 22.9 Å². The monoisotopic (exact) mass is 420 g/mol. The second-order valence-corrected chi connectivity index (χ2v) is 8.10. The number of pyridine rings is 1. The zero-order valence-electron chi connectivity index (χ0n) is 16.6. The van der Waals surface area contributed by atoms with Crippen molar-refractivity contribution in [3.8, 4) is 11.1 Å². The third kappa shape index (κ3) is 4.79. The molecule has 1 amide bonds. The molecule has 0 atom stereocenters. The number of hydrogen-bond donors (Lipinski definition) is 3. The van der Waals surface area contributed by atoms with Crippen LogP contribution in [-0.2, 0) is 0 Å². The highest BCUT2D eigenvalue weighted by Gasteiger charge is 2.23. The molecule has 1 aromatic heterocycles. The van der Waals surface area contributed by atoms with Crippen LogP contribution in [0.4, 0.5) is 15.9 Å². The molecule has 29 heavy (non-hydrogen) atoms. The maximum absolute atomic E-state index is 15.1. The lowest BCUT2D eigenvalue weighted by Crippen LogP contribution is -2.24. The number of carbonyl (C=O) groups excluding carboxylic acids is 1. The molecule has 0 bridgehead atoms. The van der Waals surface area contributed by atoms with Crippen LogP contribution in [0.5, 0.6) is 0 Å². The Morgan fingerprint density at radius 2 is 2.00 bits per heavy atom. The van der Waals surface area contributed by atoms with Crippen LogP contribution < -0.4 is 11.1 Å². The Kier molecular flexibility index (Phi) is 6.59. The average Bonchev–Trinajstić information content (AvgIpc) is 2.68. The fraction of sp³-hybridized carbons (Fsp3) is 0.429. The molecule has 0 saturated heterocycles. The van der Waals surface area contributed by atoms with E-state index in [2.05, 4.69) is 10.3 Å². The quantitative estimate of drug-likeness (QED) is 0.640. The fourth-order valence-corrected chi connectivity index (χ4v) is 3.82. The van der Waals surface area contributed by atoms with Crippen LogP contribution in [-0.4, -0.2) is 47.6 Å². The van der Waals surface area contributed by atoms with Gasteiger partial charge in [0.2, 0.25) is 0 Å². The minimum Gasteiger partial charge on any atom is -0.398 e. The van der Waals surface area contributed by atoms with Gasteiger partial charge in [0.15, 0.2) is 0 Å². The molecule has 8 heteroatoms. The molecule has 0 radical (unpaired) electrons. The summed E-state index contributed by atoms with van der Waals surface area (Å²) in [6.45, 7) is 0.743. The highest BCUT2D eigenvalue weighted by molar-refractivity contribution is 6.33. The van der Waals surface area contributed by atoms with Crippen molar-refractivity contribution in [3.63, 3.8) is 0 Å². The molecule has 3 rings (SSSR count). The highest BCUT2D eigenvalue weighted by Crippen LogP contribution is 2.34. The molecule has 1 fully saturated rings. The Morgan fingerprint density at radius 3 is 2.62 bits per heavy atom. The van der Waals surface area contributed by atoms with Crippen molar-refractivity contribution in [1.29, 1.82) is 0 Å². The first-order valence-corrected chi connectivity index (χ1v) is 10.0. The third-order valence-electron chi connectivity index (χ3n) is 5.33. The Morgan fingerprint density at radius 1 is 1.31 bits per heavy atom. The first kappa shape index (κ1) is 21.3. The zero-order chi connectivity index (χ0) is 21.1. The number of aromatic nitrogens is 1. The number of hydrogen-bond acceptors (Lipinski definition) is 5. The third-order valence-corrected chi connectivity index (χ3v) is 5.64. The van der Waals surface area contributed by atoms with E-state index in [1.54, 1.807) is 6.07 Å². The summed E-state index contributed by atoms with van der Waals surface area (Å²) >= 11 is 6.40. The molecule has 0 spiro atoms. The number of aliphatic hydroxyl groups excluding tert-OH is 1. The average molecular weight is 421 g/mol. The smallest absolute Gasteiger partial charge is 0.258 e. The Bertz CT molecular complexity index is 898. The predicted octanol–water partition coefficient (Wildman–Crippen LogP) is 3.79. The van der Waals surface area contributed by atoms with Gasteiger partial charge in [0.25, 0.3) is 5.91 Å². The number of carbonyl (C=O) groups is 1. The van der Waals surface area contributed by atoms with Crippen molar-refractivity contribution < 1.29 is 14.3 Å². The molecule has 1 heterocycles. The van der Waals surface area contributed by atoms with E-state index in [9.17, 15) is 9.90 Å². The molecule has 156 valence electrons. The largest absolute Gasteiger partial charge is 0.398 e. The highest BCUT2D eigenvalue weighted by atomic mass is 35.5. The van der Waals surface area contributed by atoms with E-state index in [0.717, 1.165) is 32.2 Å². The van der Waals surface area contributed by atoms with Crippen molar-refractivity contribution in [2.75, 3.05) is 31.7 Å². The van der Waals surface area contributed by atoms with Gasteiger partial charge >= 0.3 is 0 Å². The predicted molar refractivity (Wildman–Crippen MR) is 114 cm³/mol. The Labute approximate surface area is 174 Å². The second kappa shape index (κ2) is 8.97. The van der Waals surface area contributed by atoms with Gasteiger partial charge in [-0.1, -0.05) is 11.6 Å². The number of amides is 1. The van der Waals surface area contributed by atoms with E-state index in [1.165, 1.54) is 37.3 Å². The lowest BCUT2D eigenvalue weighted by Gasteiger charge is -2.25. The number of nitrogen functional groups attached to an aromatic ring is 1. The van der Waals surface area contributed by atoms with E-state index < -0.39 is 11.7 Å². The molecule has 0 aliphatic heterocycles. The van der Waals surface area contributed by atoms with Crippen molar-refractivity contribution >= 4 is 29.0 Å². The second-order valence-electron chi connectivity index (χ2n) is 7.70. The Hall–Kier alpha value is -2.38. The van der Waals surface area contributed by atoms with E-state index in [4.69, 9.17) is 17.3 Å². The van der Waals surface area contributed by atoms with Crippen LogP contribution in [0.1, 0.15) is 36.0 Å². The summed E-state index contributed by atoms with van der Waals surface area (Å²) in [6.07, 6.45) is 4.90. The molecule has 2 aromatic rings. The minimum atomic E-state index is -0.714. The van der Waals surface area contributed by atoms with Gasteiger partial charge in [0.05, 0.1) is 16.7 Å². The first-order chi connectivity index (χ1) is 13.8. The van der Waals surface area contributed by atoms with Crippen LogP contribution in [0.25, 0.3) is 11.1 Å². The number of aliphatic hydroxyl groups is 1. The topological polar surface area (TPSA) is 91.5 Å². The van der Waals surface area contributed by atoms with Crippen LogP contribution in [0.3, 0.4) is 0 Å². The zero-order valence-corrected chi connectivity index (χ0v) is 17.3. The van der Waals surface area contributed by atoms with Gasteiger partial charge in [-0.3, -0.25) is 4.79 Å². The van der Waals surface area contributed by atoms with Crippen LogP contribution >= 0.6 is 11.6 Å².